The number of aromatic nitrogens is 1. The van der Waals surface area contributed by atoms with Gasteiger partial charge in [0.25, 0.3) is 0 Å². The number of thiophene rings is 1. The van der Waals surface area contributed by atoms with Crippen LogP contribution in [-0.2, 0) is 6.42 Å². The van der Waals surface area contributed by atoms with Gasteiger partial charge in [0, 0.05) is 30.4 Å². The minimum Gasteiger partial charge on any atom is -0.322 e. The first-order valence-corrected chi connectivity index (χ1v) is 7.00. The average molecular weight is 261 g/mol. The average Bonchev–Trinajstić information content (AvgIpc) is 2.91. The lowest BCUT2D eigenvalue weighted by atomic mass is 10.2. The van der Waals surface area contributed by atoms with Crippen LogP contribution in [-0.4, -0.2) is 30.0 Å². The van der Waals surface area contributed by atoms with Gasteiger partial charge in [-0.25, -0.2) is 0 Å². The highest BCUT2D eigenvalue weighted by molar-refractivity contribution is 7.10. The van der Waals surface area contributed by atoms with Gasteiger partial charge in [-0.05, 0) is 42.6 Å². The quantitative estimate of drug-likeness (QED) is 0.867. The van der Waals surface area contributed by atoms with E-state index in [-0.39, 0.29) is 6.04 Å². The van der Waals surface area contributed by atoms with Crippen LogP contribution in [0.3, 0.4) is 0 Å². The zero-order valence-corrected chi connectivity index (χ0v) is 11.4. The molecule has 0 aliphatic heterocycles. The van der Waals surface area contributed by atoms with E-state index < -0.39 is 0 Å². The van der Waals surface area contributed by atoms with E-state index in [4.69, 9.17) is 5.73 Å². The lowest BCUT2D eigenvalue weighted by molar-refractivity contribution is 0.318. The lowest BCUT2D eigenvalue weighted by Gasteiger charge is -2.20. The standard InChI is InChI=1S/C14H19N3S/c1-17(9-6-12-4-7-16-8-5-12)11-13(15)14-3-2-10-18-14/h2-5,7-8,10,13H,6,9,11,15H2,1H3. The fourth-order valence-corrected chi connectivity index (χ4v) is 2.61. The molecule has 0 aliphatic rings. The van der Waals surface area contributed by atoms with Crippen molar-refractivity contribution in [1.82, 2.24) is 9.88 Å². The Balaban J connectivity index is 1.77. The van der Waals surface area contributed by atoms with E-state index in [0.29, 0.717) is 0 Å². The molecule has 1 unspecified atom stereocenters. The molecule has 0 amide bonds. The minimum atomic E-state index is 0.118. The Kier molecular flexibility index (Phi) is 4.87. The van der Waals surface area contributed by atoms with Gasteiger partial charge in [-0.15, -0.1) is 11.3 Å². The maximum absolute atomic E-state index is 6.17. The summed E-state index contributed by atoms with van der Waals surface area (Å²) in [6.45, 7) is 1.91. The summed E-state index contributed by atoms with van der Waals surface area (Å²) in [7, 11) is 2.12. The Bertz CT molecular complexity index is 441. The van der Waals surface area contributed by atoms with Crippen molar-refractivity contribution in [2.45, 2.75) is 12.5 Å². The number of hydrogen-bond donors (Lipinski definition) is 1. The van der Waals surface area contributed by atoms with Crippen molar-refractivity contribution in [2.24, 2.45) is 5.73 Å². The summed E-state index contributed by atoms with van der Waals surface area (Å²) >= 11 is 1.73. The van der Waals surface area contributed by atoms with Gasteiger partial charge >= 0.3 is 0 Å². The summed E-state index contributed by atoms with van der Waals surface area (Å²) in [6, 6.07) is 8.40. The monoisotopic (exact) mass is 261 g/mol. The smallest absolute Gasteiger partial charge is 0.0518 e. The number of rotatable bonds is 6. The van der Waals surface area contributed by atoms with Crippen LogP contribution >= 0.6 is 11.3 Å². The van der Waals surface area contributed by atoms with Crippen LogP contribution in [0, 0.1) is 0 Å². The van der Waals surface area contributed by atoms with Crippen LogP contribution in [0.1, 0.15) is 16.5 Å². The molecule has 0 spiro atoms. The molecule has 3 nitrogen and oxygen atoms in total. The highest BCUT2D eigenvalue weighted by atomic mass is 32.1. The summed E-state index contributed by atoms with van der Waals surface area (Å²) in [5.74, 6) is 0. The van der Waals surface area contributed by atoms with Crippen LogP contribution in [0.5, 0.6) is 0 Å². The summed E-state index contributed by atoms with van der Waals surface area (Å²) in [5, 5.41) is 2.08. The van der Waals surface area contributed by atoms with Crippen molar-refractivity contribution in [3.63, 3.8) is 0 Å². The Morgan fingerprint density at radius 3 is 2.78 bits per heavy atom. The molecule has 4 heteroatoms. The second kappa shape index (κ2) is 6.64. The van der Waals surface area contributed by atoms with Crippen LogP contribution in [0.2, 0.25) is 0 Å². The van der Waals surface area contributed by atoms with Crippen molar-refractivity contribution in [2.75, 3.05) is 20.1 Å². The highest BCUT2D eigenvalue weighted by Gasteiger charge is 2.09. The Labute approximate surface area is 112 Å². The first-order valence-electron chi connectivity index (χ1n) is 6.12. The zero-order chi connectivity index (χ0) is 12.8. The van der Waals surface area contributed by atoms with Crippen molar-refractivity contribution < 1.29 is 0 Å². The second-order valence-corrected chi connectivity index (χ2v) is 5.47. The van der Waals surface area contributed by atoms with Crippen LogP contribution in [0.25, 0.3) is 0 Å². The van der Waals surface area contributed by atoms with E-state index in [1.807, 2.05) is 12.4 Å². The van der Waals surface area contributed by atoms with Gasteiger partial charge in [0.1, 0.15) is 0 Å². The van der Waals surface area contributed by atoms with E-state index in [9.17, 15) is 0 Å². The summed E-state index contributed by atoms with van der Waals surface area (Å²) < 4.78 is 0. The Hall–Kier alpha value is -1.23. The minimum absolute atomic E-state index is 0.118. The third kappa shape index (κ3) is 3.91. The van der Waals surface area contributed by atoms with Gasteiger partial charge in [0.15, 0.2) is 0 Å². The normalized spacial score (nSPS) is 12.8. The largest absolute Gasteiger partial charge is 0.322 e. The third-order valence-electron chi connectivity index (χ3n) is 2.95. The SMILES string of the molecule is CN(CCc1ccncc1)CC(N)c1cccs1. The maximum Gasteiger partial charge on any atom is 0.0518 e. The molecule has 2 aromatic rings. The molecule has 2 heterocycles. The van der Waals surface area contributed by atoms with Gasteiger partial charge in [-0.2, -0.15) is 0 Å². The van der Waals surface area contributed by atoms with Crippen molar-refractivity contribution in [3.05, 3.63) is 52.5 Å². The van der Waals surface area contributed by atoms with Crippen LogP contribution in [0.15, 0.2) is 42.0 Å². The van der Waals surface area contributed by atoms with Crippen molar-refractivity contribution in [3.8, 4) is 0 Å². The van der Waals surface area contributed by atoms with Crippen molar-refractivity contribution in [1.29, 1.82) is 0 Å². The van der Waals surface area contributed by atoms with E-state index in [1.54, 1.807) is 11.3 Å². The first-order chi connectivity index (χ1) is 8.75. The predicted octanol–water partition coefficient (Wildman–Crippen LogP) is 2.32. The molecule has 0 fully saturated rings. The number of nitrogens with two attached hydrogens (primary N) is 1. The third-order valence-corrected chi connectivity index (χ3v) is 3.95. The molecule has 0 bridgehead atoms. The molecular weight excluding hydrogens is 242 g/mol. The Morgan fingerprint density at radius 2 is 2.11 bits per heavy atom. The molecule has 1 atom stereocenters. The number of pyridine rings is 1. The topological polar surface area (TPSA) is 42.2 Å². The predicted molar refractivity (Wildman–Crippen MR) is 76.7 cm³/mol. The molecule has 96 valence electrons. The summed E-state index contributed by atoms with van der Waals surface area (Å²) in [6.07, 6.45) is 4.72. The van der Waals surface area contributed by atoms with Gasteiger partial charge < -0.3 is 10.6 Å². The lowest BCUT2D eigenvalue weighted by Crippen LogP contribution is -2.30. The number of hydrogen-bond acceptors (Lipinski definition) is 4. The van der Waals surface area contributed by atoms with Gasteiger partial charge in [0.2, 0.25) is 0 Å². The highest BCUT2D eigenvalue weighted by Crippen LogP contribution is 2.17. The molecule has 0 aromatic carbocycles. The number of nitrogens with zero attached hydrogens (tertiary/aromatic N) is 2. The summed E-state index contributed by atoms with van der Waals surface area (Å²) in [5.41, 5.74) is 7.49. The van der Waals surface area contributed by atoms with E-state index in [1.165, 1.54) is 10.4 Å². The Morgan fingerprint density at radius 1 is 1.33 bits per heavy atom. The number of likely N-dealkylation sites (N-methyl/N-ethyl adjacent to an activating group) is 1. The first kappa shape index (κ1) is 13.2. The zero-order valence-electron chi connectivity index (χ0n) is 10.6. The van der Waals surface area contributed by atoms with Crippen LogP contribution in [0.4, 0.5) is 0 Å². The molecule has 2 rings (SSSR count). The van der Waals surface area contributed by atoms with Gasteiger partial charge in [0.05, 0.1) is 6.04 Å². The molecule has 2 aromatic heterocycles. The molecule has 0 aliphatic carbocycles. The van der Waals surface area contributed by atoms with E-state index in [0.717, 1.165) is 19.5 Å². The molecular formula is C14H19N3S. The van der Waals surface area contributed by atoms with Gasteiger partial charge in [-0.1, -0.05) is 6.07 Å². The molecule has 18 heavy (non-hydrogen) atoms. The van der Waals surface area contributed by atoms with Crippen LogP contribution < -0.4 is 5.73 Å². The van der Waals surface area contributed by atoms with Crippen molar-refractivity contribution >= 4 is 11.3 Å². The molecule has 0 saturated carbocycles. The molecule has 0 radical (unpaired) electrons. The van der Waals surface area contributed by atoms with E-state index in [2.05, 4.69) is 46.6 Å². The van der Waals surface area contributed by atoms with E-state index >= 15 is 0 Å². The second-order valence-electron chi connectivity index (χ2n) is 4.49. The molecule has 0 saturated heterocycles. The fraction of sp³-hybridized carbons (Fsp3) is 0.357. The van der Waals surface area contributed by atoms with Gasteiger partial charge in [-0.3, -0.25) is 4.98 Å². The fourth-order valence-electron chi connectivity index (χ4n) is 1.89. The maximum atomic E-state index is 6.17. The molecule has 2 N–H and O–H groups in total. The summed E-state index contributed by atoms with van der Waals surface area (Å²) in [4.78, 5) is 7.56.